The topological polar surface area (TPSA) is 62.3 Å². The second kappa shape index (κ2) is 7.63. The first-order chi connectivity index (χ1) is 11.5. The lowest BCUT2D eigenvalue weighted by atomic mass is 9.98. The van der Waals surface area contributed by atoms with E-state index < -0.39 is 9.84 Å². The Hall–Kier alpha value is -1.44. The molecule has 1 aliphatic heterocycles. The third-order valence-corrected chi connectivity index (χ3v) is 6.28. The number of sulfone groups is 1. The number of piperidine rings is 1. The van der Waals surface area contributed by atoms with Crippen LogP contribution in [0.15, 0.2) is 40.7 Å². The zero-order chi connectivity index (χ0) is 17.0. The van der Waals surface area contributed by atoms with Crippen molar-refractivity contribution in [3.63, 3.8) is 0 Å². The van der Waals surface area contributed by atoms with Crippen LogP contribution in [-0.4, -0.2) is 44.2 Å². The van der Waals surface area contributed by atoms with E-state index in [0.717, 1.165) is 32.6 Å². The standard InChI is InChI=1S/C17H23N3O2S2/c1-24(21,22)16-7-2-8-18-17(16)19-11-14-5-3-9-20(12-14)13-15-6-4-10-23-15/h2,4,6-8,10,14H,3,5,9,11-13H2,1H3,(H,18,19). The number of thiophene rings is 1. The molecule has 1 N–H and O–H groups in total. The molecule has 5 nitrogen and oxygen atoms in total. The molecule has 1 unspecified atom stereocenters. The molecule has 0 bridgehead atoms. The Morgan fingerprint density at radius 3 is 3.00 bits per heavy atom. The molecule has 7 heteroatoms. The van der Waals surface area contributed by atoms with Gasteiger partial charge in [-0.15, -0.1) is 11.3 Å². The average molecular weight is 366 g/mol. The Morgan fingerprint density at radius 1 is 1.38 bits per heavy atom. The summed E-state index contributed by atoms with van der Waals surface area (Å²) in [5.41, 5.74) is 0. The number of nitrogens with one attached hydrogen (secondary N) is 1. The number of hydrogen-bond donors (Lipinski definition) is 1. The van der Waals surface area contributed by atoms with E-state index in [1.54, 1.807) is 29.7 Å². The molecule has 0 saturated carbocycles. The maximum Gasteiger partial charge on any atom is 0.179 e. The van der Waals surface area contributed by atoms with Crippen LogP contribution in [0.3, 0.4) is 0 Å². The zero-order valence-corrected chi connectivity index (χ0v) is 15.4. The number of aromatic nitrogens is 1. The number of hydrogen-bond acceptors (Lipinski definition) is 6. The van der Waals surface area contributed by atoms with Crippen LogP contribution in [0.5, 0.6) is 0 Å². The number of pyridine rings is 1. The molecule has 1 saturated heterocycles. The highest BCUT2D eigenvalue weighted by atomic mass is 32.2. The second-order valence-corrected chi connectivity index (χ2v) is 9.34. The minimum Gasteiger partial charge on any atom is -0.369 e. The van der Waals surface area contributed by atoms with Crippen LogP contribution in [0.1, 0.15) is 17.7 Å². The predicted molar refractivity (Wildman–Crippen MR) is 98.2 cm³/mol. The van der Waals surface area contributed by atoms with Crippen molar-refractivity contribution in [3.8, 4) is 0 Å². The summed E-state index contributed by atoms with van der Waals surface area (Å²) in [4.78, 5) is 8.36. The molecule has 0 amide bonds. The molecule has 1 fully saturated rings. The van der Waals surface area contributed by atoms with Crippen molar-refractivity contribution in [1.29, 1.82) is 0 Å². The molecule has 0 aromatic carbocycles. The van der Waals surface area contributed by atoms with Crippen LogP contribution in [0.2, 0.25) is 0 Å². The van der Waals surface area contributed by atoms with Gasteiger partial charge in [0.1, 0.15) is 10.7 Å². The number of nitrogens with zero attached hydrogens (tertiary/aromatic N) is 2. The Balaban J connectivity index is 1.59. The largest absolute Gasteiger partial charge is 0.369 e. The summed E-state index contributed by atoms with van der Waals surface area (Å²) in [6, 6.07) is 7.54. The molecule has 0 aliphatic carbocycles. The van der Waals surface area contributed by atoms with Gasteiger partial charge in [0, 0.05) is 37.0 Å². The van der Waals surface area contributed by atoms with E-state index in [9.17, 15) is 8.42 Å². The van der Waals surface area contributed by atoms with Gasteiger partial charge in [-0.05, 0) is 48.9 Å². The molecule has 1 aliphatic rings. The Labute approximate surface area is 147 Å². The fourth-order valence-electron chi connectivity index (χ4n) is 3.15. The van der Waals surface area contributed by atoms with Crippen LogP contribution in [-0.2, 0) is 16.4 Å². The predicted octanol–water partition coefficient (Wildman–Crippen LogP) is 2.87. The van der Waals surface area contributed by atoms with Gasteiger partial charge in [-0.2, -0.15) is 0 Å². The fourth-order valence-corrected chi connectivity index (χ4v) is 4.70. The normalized spacial score (nSPS) is 19.3. The lowest BCUT2D eigenvalue weighted by Crippen LogP contribution is -2.37. The van der Waals surface area contributed by atoms with Gasteiger partial charge in [-0.3, -0.25) is 4.90 Å². The van der Waals surface area contributed by atoms with E-state index in [1.165, 1.54) is 17.6 Å². The van der Waals surface area contributed by atoms with Crippen LogP contribution in [0.4, 0.5) is 5.82 Å². The van der Waals surface area contributed by atoms with Crippen molar-refractivity contribution >= 4 is 27.0 Å². The minimum atomic E-state index is -3.27. The van der Waals surface area contributed by atoms with Crippen molar-refractivity contribution in [3.05, 3.63) is 40.7 Å². The van der Waals surface area contributed by atoms with Crippen molar-refractivity contribution in [2.24, 2.45) is 5.92 Å². The van der Waals surface area contributed by atoms with Crippen molar-refractivity contribution < 1.29 is 8.42 Å². The summed E-state index contributed by atoms with van der Waals surface area (Å²) in [5.74, 6) is 0.975. The second-order valence-electron chi connectivity index (χ2n) is 6.33. The molecule has 130 valence electrons. The summed E-state index contributed by atoms with van der Waals surface area (Å²) in [5, 5.41) is 5.37. The van der Waals surface area contributed by atoms with E-state index in [-0.39, 0.29) is 4.90 Å². The number of rotatable bonds is 6. The highest BCUT2D eigenvalue weighted by Crippen LogP contribution is 2.22. The first-order valence-electron chi connectivity index (χ1n) is 8.16. The van der Waals surface area contributed by atoms with Gasteiger partial charge in [0.2, 0.25) is 0 Å². The van der Waals surface area contributed by atoms with Gasteiger partial charge in [-0.25, -0.2) is 13.4 Å². The average Bonchev–Trinajstić information content (AvgIpc) is 3.06. The summed E-state index contributed by atoms with van der Waals surface area (Å²) >= 11 is 1.80. The molecule has 0 radical (unpaired) electrons. The quantitative estimate of drug-likeness (QED) is 0.853. The summed E-state index contributed by atoms with van der Waals surface area (Å²) in [7, 11) is -3.27. The van der Waals surface area contributed by atoms with Crippen LogP contribution >= 0.6 is 11.3 Å². The third-order valence-electron chi connectivity index (χ3n) is 4.29. The van der Waals surface area contributed by atoms with Crippen molar-refractivity contribution in [2.45, 2.75) is 24.3 Å². The summed E-state index contributed by atoms with van der Waals surface area (Å²) in [6.07, 6.45) is 5.19. The lowest BCUT2D eigenvalue weighted by Gasteiger charge is -2.32. The van der Waals surface area contributed by atoms with Gasteiger partial charge in [0.25, 0.3) is 0 Å². The van der Waals surface area contributed by atoms with E-state index in [1.807, 2.05) is 0 Å². The fraction of sp³-hybridized carbons (Fsp3) is 0.471. The maximum absolute atomic E-state index is 11.8. The smallest absolute Gasteiger partial charge is 0.179 e. The van der Waals surface area contributed by atoms with Gasteiger partial charge < -0.3 is 5.32 Å². The number of anilines is 1. The molecule has 2 aromatic rings. The van der Waals surface area contributed by atoms with Gasteiger partial charge >= 0.3 is 0 Å². The zero-order valence-electron chi connectivity index (χ0n) is 13.8. The van der Waals surface area contributed by atoms with Gasteiger partial charge in [-0.1, -0.05) is 6.07 Å². The lowest BCUT2D eigenvalue weighted by molar-refractivity contribution is 0.174. The Kier molecular flexibility index (Phi) is 5.53. The molecule has 1 atom stereocenters. The van der Waals surface area contributed by atoms with Gasteiger partial charge in [0.15, 0.2) is 9.84 Å². The Morgan fingerprint density at radius 2 is 2.25 bits per heavy atom. The van der Waals surface area contributed by atoms with Crippen LogP contribution < -0.4 is 5.32 Å². The SMILES string of the molecule is CS(=O)(=O)c1cccnc1NCC1CCCN(Cc2cccs2)C1. The minimum absolute atomic E-state index is 0.274. The van der Waals surface area contributed by atoms with Crippen molar-refractivity contribution in [1.82, 2.24) is 9.88 Å². The van der Waals surface area contributed by atoms with E-state index in [0.29, 0.717) is 11.7 Å². The molecular formula is C17H23N3O2S2. The molecule has 3 heterocycles. The highest BCUT2D eigenvalue weighted by molar-refractivity contribution is 7.90. The van der Waals surface area contributed by atoms with E-state index in [4.69, 9.17) is 0 Å². The third kappa shape index (κ3) is 4.55. The highest BCUT2D eigenvalue weighted by Gasteiger charge is 2.21. The molecular weight excluding hydrogens is 342 g/mol. The molecule has 2 aromatic heterocycles. The number of likely N-dealkylation sites (tertiary alicyclic amines) is 1. The monoisotopic (exact) mass is 365 g/mol. The van der Waals surface area contributed by atoms with Crippen LogP contribution in [0, 0.1) is 5.92 Å². The molecule has 3 rings (SSSR count). The van der Waals surface area contributed by atoms with Crippen molar-refractivity contribution in [2.75, 3.05) is 31.2 Å². The summed E-state index contributed by atoms with van der Waals surface area (Å²) < 4.78 is 23.7. The first-order valence-corrected chi connectivity index (χ1v) is 10.9. The van der Waals surface area contributed by atoms with Crippen LogP contribution in [0.25, 0.3) is 0 Å². The molecule has 0 spiro atoms. The Bertz CT molecular complexity index is 760. The summed E-state index contributed by atoms with van der Waals surface area (Å²) in [6.45, 7) is 3.92. The first kappa shape index (κ1) is 17.4. The van der Waals surface area contributed by atoms with E-state index in [2.05, 4.69) is 32.7 Å². The maximum atomic E-state index is 11.8. The van der Waals surface area contributed by atoms with E-state index >= 15 is 0 Å². The van der Waals surface area contributed by atoms with Gasteiger partial charge in [0.05, 0.1) is 0 Å². The molecule has 24 heavy (non-hydrogen) atoms.